The van der Waals surface area contributed by atoms with Gasteiger partial charge in [0.25, 0.3) is 0 Å². The maximum Gasteiger partial charge on any atom is 0.225 e. The maximum atomic E-state index is 13.6. The second kappa shape index (κ2) is 7.73. The zero-order valence-electron chi connectivity index (χ0n) is 12.2. The summed E-state index contributed by atoms with van der Waals surface area (Å²) in [6.45, 7) is 2.67. The first-order valence-electron chi connectivity index (χ1n) is 7.23. The molecule has 1 unspecified atom stereocenters. The molecule has 1 aliphatic rings. The van der Waals surface area contributed by atoms with E-state index in [1.807, 2.05) is 7.05 Å². The van der Waals surface area contributed by atoms with E-state index in [0.717, 1.165) is 19.5 Å². The van der Waals surface area contributed by atoms with Crippen LogP contribution in [0.15, 0.2) is 18.2 Å². The zero-order valence-corrected chi connectivity index (χ0v) is 12.9. The van der Waals surface area contributed by atoms with Crippen LogP contribution in [0.25, 0.3) is 0 Å². The number of hydrogen-bond acceptors (Lipinski definition) is 3. The Morgan fingerprint density at radius 1 is 1.52 bits per heavy atom. The van der Waals surface area contributed by atoms with Gasteiger partial charge in [-0.3, -0.25) is 4.79 Å². The smallest absolute Gasteiger partial charge is 0.225 e. The largest absolute Gasteiger partial charge is 0.324 e. The number of nitrogens with one attached hydrogen (secondary N) is 2. The highest BCUT2D eigenvalue weighted by atomic mass is 35.5. The lowest BCUT2D eigenvalue weighted by Gasteiger charge is -2.32. The van der Waals surface area contributed by atoms with Crippen LogP contribution in [0.5, 0.6) is 0 Å². The van der Waals surface area contributed by atoms with E-state index >= 15 is 0 Å². The minimum atomic E-state index is -0.510. The number of piperidine rings is 1. The molecule has 2 rings (SSSR count). The number of halogens is 2. The molecule has 0 bridgehead atoms. The second-order valence-corrected chi connectivity index (χ2v) is 5.79. The Kier molecular flexibility index (Phi) is 5.96. The van der Waals surface area contributed by atoms with E-state index in [2.05, 4.69) is 15.5 Å². The maximum absolute atomic E-state index is 13.6. The van der Waals surface area contributed by atoms with Gasteiger partial charge in [-0.15, -0.1) is 0 Å². The first-order chi connectivity index (χ1) is 10.1. The molecule has 2 N–H and O–H groups in total. The van der Waals surface area contributed by atoms with Gasteiger partial charge >= 0.3 is 0 Å². The van der Waals surface area contributed by atoms with E-state index in [9.17, 15) is 9.18 Å². The fourth-order valence-electron chi connectivity index (χ4n) is 2.56. The lowest BCUT2D eigenvalue weighted by Crippen LogP contribution is -2.45. The number of likely N-dealkylation sites (N-methyl/N-ethyl adjacent to an activating group) is 1. The summed E-state index contributed by atoms with van der Waals surface area (Å²) in [7, 11) is 1.96. The molecule has 4 nitrogen and oxygen atoms in total. The van der Waals surface area contributed by atoms with E-state index in [0.29, 0.717) is 24.0 Å². The van der Waals surface area contributed by atoms with Gasteiger partial charge in [-0.25, -0.2) is 4.39 Å². The van der Waals surface area contributed by atoms with Crippen molar-refractivity contribution in [2.45, 2.75) is 25.3 Å². The number of anilines is 1. The Bertz CT molecular complexity index is 498. The van der Waals surface area contributed by atoms with E-state index in [4.69, 9.17) is 11.6 Å². The molecule has 1 atom stereocenters. The minimum absolute atomic E-state index is 0.177. The Morgan fingerprint density at radius 2 is 2.33 bits per heavy atom. The number of hydrogen-bond donors (Lipinski definition) is 2. The lowest BCUT2D eigenvalue weighted by atomic mass is 10.1. The average Bonchev–Trinajstić information content (AvgIpc) is 2.48. The van der Waals surface area contributed by atoms with E-state index in [1.54, 1.807) is 6.07 Å². The van der Waals surface area contributed by atoms with Crippen LogP contribution >= 0.6 is 11.6 Å². The van der Waals surface area contributed by atoms with Crippen molar-refractivity contribution in [1.82, 2.24) is 10.2 Å². The molecular formula is C15H21ClFN3O. The fraction of sp³-hybridized carbons (Fsp3) is 0.533. The van der Waals surface area contributed by atoms with Crippen molar-refractivity contribution in [2.75, 3.05) is 32.0 Å². The van der Waals surface area contributed by atoms with Crippen molar-refractivity contribution >= 4 is 23.2 Å². The summed E-state index contributed by atoms with van der Waals surface area (Å²) in [4.78, 5) is 14.2. The highest BCUT2D eigenvalue weighted by Crippen LogP contribution is 2.19. The molecule has 0 aliphatic carbocycles. The summed E-state index contributed by atoms with van der Waals surface area (Å²) >= 11 is 5.68. The number of amides is 1. The topological polar surface area (TPSA) is 44.4 Å². The number of likely N-dealkylation sites (tertiary alicyclic amines) is 1. The van der Waals surface area contributed by atoms with Crippen LogP contribution in [0.4, 0.5) is 10.1 Å². The van der Waals surface area contributed by atoms with E-state index < -0.39 is 5.82 Å². The van der Waals surface area contributed by atoms with Crippen molar-refractivity contribution < 1.29 is 9.18 Å². The van der Waals surface area contributed by atoms with Crippen molar-refractivity contribution in [3.63, 3.8) is 0 Å². The molecule has 21 heavy (non-hydrogen) atoms. The van der Waals surface area contributed by atoms with Gasteiger partial charge in [0.05, 0.1) is 5.69 Å². The molecule has 0 spiro atoms. The SMILES string of the molecule is CNC1CCCN(CCC(=O)Nc2ccc(Cl)cc2F)C1. The Balaban J connectivity index is 1.79. The number of rotatable bonds is 5. The molecule has 1 aliphatic heterocycles. The predicted molar refractivity (Wildman–Crippen MR) is 83.2 cm³/mol. The summed E-state index contributed by atoms with van der Waals surface area (Å²) < 4.78 is 13.6. The summed E-state index contributed by atoms with van der Waals surface area (Å²) in [6.07, 6.45) is 2.67. The van der Waals surface area contributed by atoms with Gasteiger partial charge < -0.3 is 15.5 Å². The predicted octanol–water partition coefficient (Wildman–Crippen LogP) is 2.49. The quantitative estimate of drug-likeness (QED) is 0.878. The Labute approximate surface area is 129 Å². The molecule has 1 aromatic rings. The minimum Gasteiger partial charge on any atom is -0.324 e. The summed E-state index contributed by atoms with van der Waals surface area (Å²) in [6, 6.07) is 4.73. The summed E-state index contributed by atoms with van der Waals surface area (Å²) in [5.41, 5.74) is 0.177. The molecule has 1 amide bonds. The van der Waals surface area contributed by atoms with Crippen molar-refractivity contribution in [3.05, 3.63) is 29.0 Å². The van der Waals surface area contributed by atoms with Gasteiger partial charge in [-0.05, 0) is 44.6 Å². The average molecular weight is 314 g/mol. The normalized spacial score (nSPS) is 19.5. The third-order valence-corrected chi connectivity index (χ3v) is 4.01. The first-order valence-corrected chi connectivity index (χ1v) is 7.61. The molecule has 1 aromatic carbocycles. The highest BCUT2D eigenvalue weighted by Gasteiger charge is 2.18. The number of nitrogens with zero attached hydrogens (tertiary/aromatic N) is 1. The zero-order chi connectivity index (χ0) is 15.2. The van der Waals surface area contributed by atoms with Gasteiger partial charge in [0.1, 0.15) is 5.82 Å². The van der Waals surface area contributed by atoms with Gasteiger partial charge in [-0.2, -0.15) is 0 Å². The van der Waals surface area contributed by atoms with Gasteiger partial charge in [0.2, 0.25) is 5.91 Å². The van der Waals surface area contributed by atoms with Crippen LogP contribution < -0.4 is 10.6 Å². The second-order valence-electron chi connectivity index (χ2n) is 5.35. The monoisotopic (exact) mass is 313 g/mol. The highest BCUT2D eigenvalue weighted by molar-refractivity contribution is 6.30. The van der Waals surface area contributed by atoms with Crippen LogP contribution in [0.2, 0.25) is 5.02 Å². The number of carbonyl (C=O) groups excluding carboxylic acids is 1. The van der Waals surface area contributed by atoms with Gasteiger partial charge in [0.15, 0.2) is 0 Å². The third-order valence-electron chi connectivity index (χ3n) is 3.77. The molecule has 1 saturated heterocycles. The van der Waals surface area contributed by atoms with Crippen LogP contribution in [-0.2, 0) is 4.79 Å². The van der Waals surface area contributed by atoms with Gasteiger partial charge in [0, 0.05) is 30.6 Å². The van der Waals surface area contributed by atoms with Crippen LogP contribution in [-0.4, -0.2) is 43.5 Å². The number of benzene rings is 1. The Hall–Kier alpha value is -1.17. The molecule has 116 valence electrons. The van der Waals surface area contributed by atoms with Crippen LogP contribution in [0, 0.1) is 5.82 Å². The van der Waals surface area contributed by atoms with Crippen molar-refractivity contribution in [3.8, 4) is 0 Å². The van der Waals surface area contributed by atoms with Crippen molar-refractivity contribution in [1.29, 1.82) is 0 Å². The summed E-state index contributed by atoms with van der Waals surface area (Å²) in [5.74, 6) is -0.688. The fourth-order valence-corrected chi connectivity index (χ4v) is 2.72. The molecule has 6 heteroatoms. The van der Waals surface area contributed by atoms with Crippen LogP contribution in [0.1, 0.15) is 19.3 Å². The van der Waals surface area contributed by atoms with Crippen LogP contribution in [0.3, 0.4) is 0 Å². The number of carbonyl (C=O) groups is 1. The lowest BCUT2D eigenvalue weighted by molar-refractivity contribution is -0.116. The van der Waals surface area contributed by atoms with Crippen molar-refractivity contribution in [2.24, 2.45) is 0 Å². The third kappa shape index (κ3) is 4.95. The Morgan fingerprint density at radius 3 is 3.05 bits per heavy atom. The molecule has 0 aromatic heterocycles. The van der Waals surface area contributed by atoms with Gasteiger partial charge in [-0.1, -0.05) is 11.6 Å². The van der Waals surface area contributed by atoms with E-state index in [1.165, 1.54) is 18.6 Å². The standard InChI is InChI=1S/C15H21ClFN3O/c1-18-12-3-2-7-20(10-12)8-6-15(21)19-14-5-4-11(16)9-13(14)17/h4-5,9,12,18H,2-3,6-8,10H2,1H3,(H,19,21). The molecule has 0 saturated carbocycles. The van der Waals surface area contributed by atoms with E-state index in [-0.39, 0.29) is 11.6 Å². The molecule has 0 radical (unpaired) electrons. The molecule has 1 fully saturated rings. The molecular weight excluding hydrogens is 293 g/mol. The molecule has 1 heterocycles. The first kappa shape index (κ1) is 16.2. The summed E-state index contributed by atoms with van der Waals surface area (Å²) in [5, 5.41) is 6.17.